The first-order valence-electron chi connectivity index (χ1n) is 14.4. The molecule has 0 aromatic heterocycles. The number of rotatable bonds is 8. The van der Waals surface area contributed by atoms with Crippen molar-refractivity contribution in [2.75, 3.05) is 13.7 Å². The Labute approximate surface area is 260 Å². The molecule has 4 aromatic rings. The Morgan fingerprint density at radius 1 is 0.884 bits per heavy atom. The summed E-state index contributed by atoms with van der Waals surface area (Å²) in [7, 11) is 1.34. The summed E-state index contributed by atoms with van der Waals surface area (Å²) in [6, 6.07) is 30.6. The number of nitrogens with one attached hydrogen (secondary N) is 2. The van der Waals surface area contributed by atoms with Gasteiger partial charge in [0, 0.05) is 13.0 Å². The lowest BCUT2D eigenvalue weighted by Gasteiger charge is -2.28. The van der Waals surface area contributed by atoms with E-state index < -0.39 is 18.1 Å². The van der Waals surface area contributed by atoms with Crippen LogP contribution >= 0.6 is 12.4 Å². The smallest absolute Gasteiger partial charge is 0.328 e. The molecule has 4 aromatic carbocycles. The van der Waals surface area contributed by atoms with Gasteiger partial charge >= 0.3 is 5.97 Å². The predicted molar refractivity (Wildman–Crippen MR) is 173 cm³/mol. The maximum atomic E-state index is 13.6. The van der Waals surface area contributed by atoms with Crippen molar-refractivity contribution in [3.8, 4) is 22.6 Å². The molecule has 0 saturated heterocycles. The SMILES string of the molecule is COC(=O)[C@H](Cc1ccc(-c2ccccc2)cc1)NC(=O)C1NCCc2ccc(Oc3ccc(C(C)(C)C)cc3)cc21.Cl. The molecule has 7 heteroatoms. The van der Waals surface area contributed by atoms with E-state index in [9.17, 15) is 9.59 Å². The van der Waals surface area contributed by atoms with E-state index in [1.54, 1.807) is 0 Å². The summed E-state index contributed by atoms with van der Waals surface area (Å²) in [5, 5.41) is 6.27. The van der Waals surface area contributed by atoms with Crippen molar-refractivity contribution in [1.82, 2.24) is 10.6 Å². The standard InChI is InChI=1S/C36H38N2O4.ClH/c1-36(2,3)28-15-18-29(19-16-28)42-30-17-14-27-20-21-37-33(31(27)23-30)34(39)38-32(35(40)41-4)22-24-10-12-26(13-11-24)25-8-6-5-7-9-25;/h5-19,23,32-33,37H,20-22H2,1-4H3,(H,38,39);1H/t32-,33?;/m0./s1. The van der Waals surface area contributed by atoms with Crippen molar-refractivity contribution in [3.63, 3.8) is 0 Å². The van der Waals surface area contributed by atoms with Gasteiger partial charge in [-0.15, -0.1) is 12.4 Å². The second kappa shape index (κ2) is 13.9. The zero-order chi connectivity index (χ0) is 29.7. The van der Waals surface area contributed by atoms with Gasteiger partial charge in [-0.2, -0.15) is 0 Å². The summed E-state index contributed by atoms with van der Waals surface area (Å²) in [6.07, 6.45) is 1.12. The second-order valence-electron chi connectivity index (χ2n) is 11.7. The Bertz CT molecular complexity index is 1530. The molecule has 224 valence electrons. The molecule has 0 fully saturated rings. The van der Waals surface area contributed by atoms with Crippen LogP contribution in [0.1, 0.15) is 49.1 Å². The maximum Gasteiger partial charge on any atom is 0.328 e. The van der Waals surface area contributed by atoms with Crippen molar-refractivity contribution in [1.29, 1.82) is 0 Å². The molecule has 1 unspecified atom stereocenters. The topological polar surface area (TPSA) is 76.7 Å². The van der Waals surface area contributed by atoms with Crippen molar-refractivity contribution < 1.29 is 19.1 Å². The average molecular weight is 599 g/mol. The first-order chi connectivity index (χ1) is 20.2. The Hall–Kier alpha value is -4.13. The van der Waals surface area contributed by atoms with Crippen LogP contribution in [0.4, 0.5) is 0 Å². The van der Waals surface area contributed by atoms with Crippen molar-refractivity contribution in [2.45, 2.75) is 51.1 Å². The third kappa shape index (κ3) is 7.83. The zero-order valence-corrected chi connectivity index (χ0v) is 25.9. The van der Waals surface area contributed by atoms with Gasteiger partial charge in [0.1, 0.15) is 23.6 Å². The van der Waals surface area contributed by atoms with Crippen LogP contribution in [0, 0.1) is 0 Å². The molecule has 1 aliphatic heterocycles. The Kier molecular flexibility index (Phi) is 10.3. The normalized spacial score (nSPS) is 14.9. The van der Waals surface area contributed by atoms with Crippen LogP contribution in [0.25, 0.3) is 11.1 Å². The van der Waals surface area contributed by atoms with E-state index in [2.05, 4.69) is 55.7 Å². The van der Waals surface area contributed by atoms with Gasteiger partial charge in [0.2, 0.25) is 5.91 Å². The molecule has 0 spiro atoms. The van der Waals surface area contributed by atoms with Crippen LogP contribution in [-0.4, -0.2) is 31.6 Å². The van der Waals surface area contributed by atoms with Crippen molar-refractivity contribution in [3.05, 3.63) is 119 Å². The van der Waals surface area contributed by atoms with E-state index in [0.29, 0.717) is 18.7 Å². The van der Waals surface area contributed by atoms with E-state index in [-0.39, 0.29) is 23.7 Å². The van der Waals surface area contributed by atoms with E-state index in [1.165, 1.54) is 12.7 Å². The number of hydrogen-bond donors (Lipinski definition) is 2. The number of amides is 1. The van der Waals surface area contributed by atoms with Gasteiger partial charge in [-0.3, -0.25) is 4.79 Å². The van der Waals surface area contributed by atoms with E-state index >= 15 is 0 Å². The molecular formula is C36H39ClN2O4. The summed E-state index contributed by atoms with van der Waals surface area (Å²) >= 11 is 0. The monoisotopic (exact) mass is 598 g/mol. The molecule has 2 N–H and O–H groups in total. The fourth-order valence-corrected chi connectivity index (χ4v) is 5.28. The van der Waals surface area contributed by atoms with Crippen molar-refractivity contribution in [2.24, 2.45) is 0 Å². The number of methoxy groups -OCH3 is 1. The zero-order valence-electron chi connectivity index (χ0n) is 25.1. The molecule has 6 nitrogen and oxygen atoms in total. The summed E-state index contributed by atoms with van der Waals surface area (Å²) in [4.78, 5) is 26.3. The van der Waals surface area contributed by atoms with Gasteiger partial charge in [-0.05, 0) is 69.5 Å². The number of esters is 1. The molecule has 1 amide bonds. The number of ether oxygens (including phenoxy) is 2. The first-order valence-corrected chi connectivity index (χ1v) is 14.4. The van der Waals surface area contributed by atoms with Crippen LogP contribution in [0.5, 0.6) is 11.5 Å². The van der Waals surface area contributed by atoms with Gasteiger partial charge in [0.15, 0.2) is 0 Å². The molecule has 0 saturated carbocycles. The lowest BCUT2D eigenvalue weighted by atomic mass is 9.87. The number of hydrogen-bond acceptors (Lipinski definition) is 5. The first kappa shape index (κ1) is 31.8. The Balaban J connectivity index is 0.00000423. The number of halogens is 1. The fourth-order valence-electron chi connectivity index (χ4n) is 5.28. The average Bonchev–Trinajstić information content (AvgIpc) is 3.00. The third-order valence-corrected chi connectivity index (χ3v) is 7.69. The number of carbonyl (C=O) groups is 2. The lowest BCUT2D eigenvalue weighted by molar-refractivity contribution is -0.145. The Morgan fingerprint density at radius 2 is 1.53 bits per heavy atom. The number of benzene rings is 4. The minimum Gasteiger partial charge on any atom is -0.467 e. The minimum atomic E-state index is -0.821. The van der Waals surface area contributed by atoms with Crippen LogP contribution < -0.4 is 15.4 Å². The van der Waals surface area contributed by atoms with Gasteiger partial charge in [0.25, 0.3) is 0 Å². The highest BCUT2D eigenvalue weighted by atomic mass is 35.5. The molecule has 1 aliphatic rings. The maximum absolute atomic E-state index is 13.6. The van der Waals surface area contributed by atoms with E-state index in [0.717, 1.165) is 40.0 Å². The quantitative estimate of drug-likeness (QED) is 0.215. The highest BCUT2D eigenvalue weighted by Crippen LogP contribution is 2.31. The molecule has 2 atom stereocenters. The van der Waals surface area contributed by atoms with Crippen LogP contribution in [-0.2, 0) is 32.6 Å². The van der Waals surface area contributed by atoms with Gasteiger partial charge in [-0.25, -0.2) is 4.79 Å². The summed E-state index contributed by atoms with van der Waals surface area (Å²) in [5.41, 5.74) is 6.35. The number of fused-ring (bicyclic) bond motifs is 1. The van der Waals surface area contributed by atoms with E-state index in [4.69, 9.17) is 9.47 Å². The van der Waals surface area contributed by atoms with Gasteiger partial charge < -0.3 is 20.1 Å². The summed E-state index contributed by atoms with van der Waals surface area (Å²) in [5.74, 6) is 0.625. The molecule has 0 radical (unpaired) electrons. The molecule has 1 heterocycles. The molecular weight excluding hydrogens is 560 g/mol. The van der Waals surface area contributed by atoms with Crippen LogP contribution in [0.15, 0.2) is 97.1 Å². The predicted octanol–water partition coefficient (Wildman–Crippen LogP) is 6.95. The molecule has 0 bridgehead atoms. The minimum absolute atomic E-state index is 0. The van der Waals surface area contributed by atoms with Gasteiger partial charge in [0.05, 0.1) is 7.11 Å². The molecule has 5 rings (SSSR count). The second-order valence-corrected chi connectivity index (χ2v) is 11.7. The van der Waals surface area contributed by atoms with Gasteiger partial charge in [-0.1, -0.05) is 93.6 Å². The number of carbonyl (C=O) groups excluding carboxylic acids is 2. The molecule has 43 heavy (non-hydrogen) atoms. The third-order valence-electron chi connectivity index (χ3n) is 7.69. The summed E-state index contributed by atoms with van der Waals surface area (Å²) in [6.45, 7) is 7.19. The van der Waals surface area contributed by atoms with Crippen molar-refractivity contribution >= 4 is 24.3 Å². The van der Waals surface area contributed by atoms with E-state index in [1.807, 2.05) is 72.8 Å². The Morgan fingerprint density at radius 3 is 2.19 bits per heavy atom. The lowest BCUT2D eigenvalue weighted by Crippen LogP contribution is -2.49. The molecule has 0 aliphatic carbocycles. The fraction of sp³-hybridized carbons (Fsp3) is 0.278. The van der Waals surface area contributed by atoms with Crippen LogP contribution in [0.2, 0.25) is 0 Å². The summed E-state index contributed by atoms with van der Waals surface area (Å²) < 4.78 is 11.2. The highest BCUT2D eigenvalue weighted by molar-refractivity contribution is 5.89. The van der Waals surface area contributed by atoms with Crippen LogP contribution in [0.3, 0.4) is 0 Å². The highest BCUT2D eigenvalue weighted by Gasteiger charge is 2.31. The largest absolute Gasteiger partial charge is 0.467 e.